The van der Waals surface area contributed by atoms with E-state index in [9.17, 15) is 14.4 Å². The van der Waals surface area contributed by atoms with Gasteiger partial charge in [-0.2, -0.15) is 0 Å². The van der Waals surface area contributed by atoms with Crippen LogP contribution in [0.3, 0.4) is 0 Å². The molecule has 0 aliphatic heterocycles. The number of rotatable bonds is 51. The molecule has 1 atom stereocenters. The van der Waals surface area contributed by atoms with Gasteiger partial charge in [0.05, 0.1) is 0 Å². The number of hydrogen-bond acceptors (Lipinski definition) is 6. The third kappa shape index (κ3) is 53.7. The largest absolute Gasteiger partial charge is 0.462 e. The van der Waals surface area contributed by atoms with Crippen LogP contribution in [0, 0.1) is 0 Å². The topological polar surface area (TPSA) is 78.9 Å². The van der Waals surface area contributed by atoms with Crippen molar-refractivity contribution in [2.75, 3.05) is 13.2 Å². The lowest BCUT2D eigenvalue weighted by molar-refractivity contribution is -0.166. The van der Waals surface area contributed by atoms with Crippen molar-refractivity contribution < 1.29 is 28.6 Å². The number of hydrogen-bond donors (Lipinski definition) is 0. The molecule has 0 saturated heterocycles. The number of allylic oxidation sites excluding steroid dienone is 12. The van der Waals surface area contributed by atoms with Crippen LogP contribution in [0.5, 0.6) is 0 Å². The van der Waals surface area contributed by atoms with Crippen LogP contribution in [-0.4, -0.2) is 37.2 Å². The average Bonchev–Trinajstić information content (AvgIpc) is 3.33. The average molecular weight is 936 g/mol. The Morgan fingerprint density at radius 1 is 0.313 bits per heavy atom. The van der Waals surface area contributed by atoms with E-state index in [-0.39, 0.29) is 37.5 Å². The molecule has 6 nitrogen and oxygen atoms in total. The van der Waals surface area contributed by atoms with Gasteiger partial charge < -0.3 is 14.2 Å². The van der Waals surface area contributed by atoms with Crippen molar-refractivity contribution in [3.63, 3.8) is 0 Å². The van der Waals surface area contributed by atoms with Crippen LogP contribution < -0.4 is 0 Å². The van der Waals surface area contributed by atoms with Crippen LogP contribution in [0.15, 0.2) is 72.9 Å². The third-order valence-electron chi connectivity index (χ3n) is 12.2. The fourth-order valence-corrected chi connectivity index (χ4v) is 8.00. The van der Waals surface area contributed by atoms with E-state index in [0.717, 1.165) is 77.0 Å². The summed E-state index contributed by atoms with van der Waals surface area (Å²) in [6, 6.07) is 0. The van der Waals surface area contributed by atoms with E-state index in [0.29, 0.717) is 19.3 Å². The normalized spacial score (nSPS) is 12.6. The van der Waals surface area contributed by atoms with Crippen molar-refractivity contribution in [3.8, 4) is 0 Å². The summed E-state index contributed by atoms with van der Waals surface area (Å²) in [5, 5.41) is 0. The van der Waals surface area contributed by atoms with Gasteiger partial charge in [-0.15, -0.1) is 0 Å². The molecule has 0 aromatic rings. The Morgan fingerprint density at radius 3 is 0.910 bits per heavy atom. The van der Waals surface area contributed by atoms with Crippen LogP contribution in [-0.2, 0) is 28.6 Å². The lowest BCUT2D eigenvalue weighted by Gasteiger charge is -2.18. The number of carbonyl (C=O) groups excluding carboxylic acids is 3. The molecule has 0 aliphatic carbocycles. The SMILES string of the molecule is CC/C=C\C/C=C\C/C=C\C/C=C\C/C=C\C/C=C\CCC(=O)OCC(COC(=O)CCCCCCCCCCCCCCCC)OC(=O)CCCCCCCCCCCCCCCCCC. The van der Waals surface area contributed by atoms with Crippen molar-refractivity contribution in [2.45, 2.75) is 284 Å². The minimum atomic E-state index is -0.802. The summed E-state index contributed by atoms with van der Waals surface area (Å²) in [7, 11) is 0. The maximum Gasteiger partial charge on any atom is 0.306 e. The van der Waals surface area contributed by atoms with Crippen LogP contribution in [0.25, 0.3) is 0 Å². The minimum Gasteiger partial charge on any atom is -0.462 e. The predicted molar refractivity (Wildman–Crippen MR) is 288 cm³/mol. The molecule has 0 heterocycles. The highest BCUT2D eigenvalue weighted by atomic mass is 16.6. The second-order valence-electron chi connectivity index (χ2n) is 18.8. The molecule has 0 aliphatic rings. The zero-order valence-corrected chi connectivity index (χ0v) is 44.2. The van der Waals surface area contributed by atoms with Crippen LogP contribution in [0.2, 0.25) is 0 Å². The maximum absolute atomic E-state index is 12.8. The van der Waals surface area contributed by atoms with E-state index in [1.54, 1.807) is 0 Å². The standard InChI is InChI=1S/C61H106O6/c1-4-7-10-13-16-19-22-25-28-30-31-32-34-36-39-42-45-48-51-54-60(63)66-57-58(56-65-59(62)53-50-47-44-41-38-35-27-24-21-18-15-12-9-6-3)67-61(64)55-52-49-46-43-40-37-33-29-26-23-20-17-14-11-8-5-2/h7,10,16,19,25,28,31-32,36,39,45,48,58H,4-6,8-9,11-15,17-18,20-24,26-27,29-30,33-35,37-38,40-44,46-47,49-57H2,1-3H3/b10-7-,19-16-,28-25-,32-31-,39-36-,48-45-. The van der Waals surface area contributed by atoms with Gasteiger partial charge in [0.15, 0.2) is 6.10 Å². The first-order chi connectivity index (χ1) is 33.0. The zero-order valence-electron chi connectivity index (χ0n) is 44.2. The van der Waals surface area contributed by atoms with Gasteiger partial charge in [0, 0.05) is 19.3 Å². The van der Waals surface area contributed by atoms with E-state index in [4.69, 9.17) is 14.2 Å². The van der Waals surface area contributed by atoms with Crippen molar-refractivity contribution in [1.29, 1.82) is 0 Å². The second kappa shape index (κ2) is 55.4. The molecule has 6 heteroatoms. The number of carbonyl (C=O) groups is 3. The molecule has 67 heavy (non-hydrogen) atoms. The highest BCUT2D eigenvalue weighted by molar-refractivity contribution is 5.71. The first-order valence-electron chi connectivity index (χ1n) is 28.4. The zero-order chi connectivity index (χ0) is 48.6. The summed E-state index contributed by atoms with van der Waals surface area (Å²) in [6.45, 7) is 6.49. The van der Waals surface area contributed by atoms with Gasteiger partial charge in [-0.05, 0) is 57.8 Å². The van der Waals surface area contributed by atoms with Crippen molar-refractivity contribution in [1.82, 2.24) is 0 Å². The number of ether oxygens (including phenoxy) is 3. The Bertz CT molecular complexity index is 1260. The molecule has 0 rings (SSSR count). The number of unbranched alkanes of at least 4 members (excludes halogenated alkanes) is 28. The Morgan fingerprint density at radius 2 is 0.582 bits per heavy atom. The molecule has 1 unspecified atom stereocenters. The Hall–Kier alpha value is -3.15. The summed E-state index contributed by atoms with van der Waals surface area (Å²) >= 11 is 0. The van der Waals surface area contributed by atoms with E-state index < -0.39 is 6.10 Å². The van der Waals surface area contributed by atoms with Crippen LogP contribution in [0.1, 0.15) is 278 Å². The van der Waals surface area contributed by atoms with Gasteiger partial charge in [-0.25, -0.2) is 0 Å². The monoisotopic (exact) mass is 935 g/mol. The first-order valence-corrected chi connectivity index (χ1v) is 28.4. The van der Waals surface area contributed by atoms with Crippen LogP contribution in [0.4, 0.5) is 0 Å². The molecule has 0 N–H and O–H groups in total. The van der Waals surface area contributed by atoms with E-state index in [2.05, 4.69) is 87.6 Å². The van der Waals surface area contributed by atoms with Crippen molar-refractivity contribution >= 4 is 17.9 Å². The molecule has 0 saturated carbocycles. The Kier molecular flexibility index (Phi) is 52.8. The van der Waals surface area contributed by atoms with Gasteiger partial charge >= 0.3 is 17.9 Å². The summed E-state index contributed by atoms with van der Waals surface area (Å²) in [5.41, 5.74) is 0. The Labute approximate surface area is 414 Å². The maximum atomic E-state index is 12.8. The molecular formula is C61H106O6. The molecule has 0 radical (unpaired) electrons. The first kappa shape index (κ1) is 63.8. The quantitative estimate of drug-likeness (QED) is 0.0262. The van der Waals surface area contributed by atoms with E-state index in [1.807, 2.05) is 6.08 Å². The smallest absolute Gasteiger partial charge is 0.306 e. The summed E-state index contributed by atoms with van der Waals surface area (Å²) < 4.78 is 16.8. The lowest BCUT2D eigenvalue weighted by Crippen LogP contribution is -2.30. The Balaban J connectivity index is 4.46. The fraction of sp³-hybridized carbons (Fsp3) is 0.754. The van der Waals surface area contributed by atoms with E-state index in [1.165, 1.54) is 154 Å². The molecule has 0 aromatic carbocycles. The minimum absolute atomic E-state index is 0.0947. The predicted octanol–water partition coefficient (Wildman–Crippen LogP) is 19.0. The lowest BCUT2D eigenvalue weighted by atomic mass is 10.0. The van der Waals surface area contributed by atoms with Crippen molar-refractivity contribution in [2.24, 2.45) is 0 Å². The molecular weight excluding hydrogens is 829 g/mol. The van der Waals surface area contributed by atoms with Gasteiger partial charge in [0.1, 0.15) is 13.2 Å². The third-order valence-corrected chi connectivity index (χ3v) is 12.2. The van der Waals surface area contributed by atoms with Gasteiger partial charge in [0.2, 0.25) is 0 Å². The van der Waals surface area contributed by atoms with Gasteiger partial charge in [-0.3, -0.25) is 14.4 Å². The summed E-state index contributed by atoms with van der Waals surface area (Å²) in [5.74, 6) is -0.971. The summed E-state index contributed by atoms with van der Waals surface area (Å²) in [6.07, 6.45) is 70.4. The molecule has 0 amide bonds. The van der Waals surface area contributed by atoms with Gasteiger partial charge in [0.25, 0.3) is 0 Å². The highest BCUT2D eigenvalue weighted by Crippen LogP contribution is 2.16. The molecule has 0 bridgehead atoms. The van der Waals surface area contributed by atoms with Crippen molar-refractivity contribution in [3.05, 3.63) is 72.9 Å². The number of esters is 3. The fourth-order valence-electron chi connectivity index (χ4n) is 8.00. The molecule has 386 valence electrons. The van der Waals surface area contributed by atoms with Gasteiger partial charge in [-0.1, -0.05) is 273 Å². The van der Waals surface area contributed by atoms with E-state index >= 15 is 0 Å². The second-order valence-corrected chi connectivity index (χ2v) is 18.8. The molecule has 0 aromatic heterocycles. The molecule has 0 spiro atoms. The summed E-state index contributed by atoms with van der Waals surface area (Å²) in [4.78, 5) is 38.1. The van der Waals surface area contributed by atoms with Crippen LogP contribution >= 0.6 is 0 Å². The highest BCUT2D eigenvalue weighted by Gasteiger charge is 2.19. The molecule has 0 fully saturated rings.